The van der Waals surface area contributed by atoms with Crippen molar-refractivity contribution in [1.82, 2.24) is 5.32 Å². The molecule has 0 fully saturated rings. The van der Waals surface area contributed by atoms with Crippen LogP contribution in [0.3, 0.4) is 0 Å². The maximum absolute atomic E-state index is 3.63. The molecule has 0 aliphatic heterocycles. The third kappa shape index (κ3) is 4.58. The molecule has 0 spiro atoms. The van der Waals surface area contributed by atoms with Crippen molar-refractivity contribution in [3.63, 3.8) is 0 Å². The molecule has 0 aromatic carbocycles. The lowest BCUT2D eigenvalue weighted by molar-refractivity contribution is 0.523. The van der Waals surface area contributed by atoms with E-state index in [9.17, 15) is 0 Å². The van der Waals surface area contributed by atoms with Crippen LogP contribution in [-0.4, -0.2) is 18.6 Å². The molecule has 1 aromatic heterocycles. The molecule has 1 heterocycles. The van der Waals surface area contributed by atoms with Crippen LogP contribution in [0.15, 0.2) is 11.4 Å². The van der Waals surface area contributed by atoms with Crippen molar-refractivity contribution < 1.29 is 0 Å². The van der Waals surface area contributed by atoms with Gasteiger partial charge in [-0.3, -0.25) is 0 Å². The maximum Gasteiger partial charge on any atom is 0.0336 e. The van der Waals surface area contributed by atoms with Gasteiger partial charge in [0.05, 0.1) is 0 Å². The lowest BCUT2D eigenvalue weighted by Gasteiger charge is -2.16. The van der Waals surface area contributed by atoms with Gasteiger partial charge in [-0.2, -0.15) is 11.8 Å². The predicted octanol–water partition coefficient (Wildman–Crippen LogP) is 3.85. The summed E-state index contributed by atoms with van der Waals surface area (Å²) in [5.41, 5.74) is 1.47. The molecule has 86 valence electrons. The standard InChI is InChI=1S/C12H21NS2/c1-4-6-13-12(5-7-14-3)11-8-10(2)15-9-11/h8-9,12-13H,4-7H2,1-3H3. The molecule has 0 saturated carbocycles. The van der Waals surface area contributed by atoms with Gasteiger partial charge in [0.25, 0.3) is 0 Å². The van der Waals surface area contributed by atoms with Gasteiger partial charge in [0.2, 0.25) is 0 Å². The first kappa shape index (κ1) is 13.1. The fourth-order valence-electron chi connectivity index (χ4n) is 1.59. The number of aryl methyl sites for hydroxylation is 1. The summed E-state index contributed by atoms with van der Waals surface area (Å²) in [7, 11) is 0. The molecule has 0 aliphatic carbocycles. The summed E-state index contributed by atoms with van der Waals surface area (Å²) in [5, 5.41) is 5.92. The van der Waals surface area contributed by atoms with Crippen LogP contribution in [0.25, 0.3) is 0 Å². The van der Waals surface area contributed by atoms with E-state index >= 15 is 0 Å². The Morgan fingerprint density at radius 3 is 2.87 bits per heavy atom. The van der Waals surface area contributed by atoms with Crippen molar-refractivity contribution in [3.8, 4) is 0 Å². The van der Waals surface area contributed by atoms with Crippen LogP contribution in [0, 0.1) is 6.92 Å². The molecule has 15 heavy (non-hydrogen) atoms. The SMILES string of the molecule is CCCNC(CCSC)c1csc(C)c1. The normalized spacial score (nSPS) is 13.0. The molecule has 1 nitrogen and oxygen atoms in total. The zero-order chi connectivity index (χ0) is 11.1. The van der Waals surface area contributed by atoms with Gasteiger partial charge in [-0.15, -0.1) is 11.3 Å². The Morgan fingerprint density at radius 1 is 1.53 bits per heavy atom. The Balaban J connectivity index is 2.54. The molecule has 0 amide bonds. The predicted molar refractivity (Wildman–Crippen MR) is 73.1 cm³/mol. The molecule has 0 radical (unpaired) electrons. The highest BCUT2D eigenvalue weighted by molar-refractivity contribution is 7.98. The molecule has 1 aromatic rings. The minimum absolute atomic E-state index is 0.558. The second kappa shape index (κ2) is 7.31. The van der Waals surface area contributed by atoms with E-state index in [0.29, 0.717) is 6.04 Å². The zero-order valence-corrected chi connectivity index (χ0v) is 11.5. The van der Waals surface area contributed by atoms with Gasteiger partial charge in [-0.1, -0.05) is 6.92 Å². The molecule has 0 aliphatic rings. The largest absolute Gasteiger partial charge is 0.310 e. The summed E-state index contributed by atoms with van der Waals surface area (Å²) in [6, 6.07) is 2.88. The minimum atomic E-state index is 0.558. The summed E-state index contributed by atoms with van der Waals surface area (Å²) >= 11 is 3.78. The fraction of sp³-hybridized carbons (Fsp3) is 0.667. The van der Waals surface area contributed by atoms with Crippen molar-refractivity contribution in [3.05, 3.63) is 21.9 Å². The Morgan fingerprint density at radius 2 is 2.33 bits per heavy atom. The van der Waals surface area contributed by atoms with E-state index in [0.717, 1.165) is 6.54 Å². The summed E-state index contributed by atoms with van der Waals surface area (Å²) in [6.45, 7) is 5.52. The number of rotatable bonds is 7. The number of hydrogen-bond acceptors (Lipinski definition) is 3. The second-order valence-electron chi connectivity index (χ2n) is 3.78. The first-order chi connectivity index (χ1) is 7.27. The van der Waals surface area contributed by atoms with Crippen molar-refractivity contribution in [2.24, 2.45) is 0 Å². The molecule has 0 bridgehead atoms. The summed E-state index contributed by atoms with van der Waals surface area (Å²) < 4.78 is 0. The van der Waals surface area contributed by atoms with E-state index in [1.54, 1.807) is 0 Å². The smallest absolute Gasteiger partial charge is 0.0336 e. The van der Waals surface area contributed by atoms with Gasteiger partial charge in [0.1, 0.15) is 0 Å². The Bertz CT molecular complexity index is 262. The van der Waals surface area contributed by atoms with Crippen LogP contribution < -0.4 is 5.32 Å². The van der Waals surface area contributed by atoms with Crippen LogP contribution in [0.1, 0.15) is 36.2 Å². The molecular formula is C12H21NS2. The molecule has 3 heteroatoms. The Kier molecular flexibility index (Phi) is 6.37. The molecule has 1 rings (SSSR count). The highest BCUT2D eigenvalue weighted by Crippen LogP contribution is 2.23. The van der Waals surface area contributed by atoms with Gasteiger partial charge < -0.3 is 5.32 Å². The zero-order valence-electron chi connectivity index (χ0n) is 9.88. The van der Waals surface area contributed by atoms with Crippen LogP contribution in [0.5, 0.6) is 0 Å². The van der Waals surface area contributed by atoms with Gasteiger partial charge in [0, 0.05) is 10.9 Å². The molecule has 1 unspecified atom stereocenters. The van der Waals surface area contributed by atoms with Crippen molar-refractivity contribution in [1.29, 1.82) is 0 Å². The third-order valence-electron chi connectivity index (χ3n) is 2.40. The van der Waals surface area contributed by atoms with Crippen LogP contribution in [0.4, 0.5) is 0 Å². The number of hydrogen-bond donors (Lipinski definition) is 1. The number of thioether (sulfide) groups is 1. The third-order valence-corrected chi connectivity index (χ3v) is 3.93. The average molecular weight is 243 g/mol. The summed E-state index contributed by atoms with van der Waals surface area (Å²) in [4.78, 5) is 1.41. The molecular weight excluding hydrogens is 222 g/mol. The monoisotopic (exact) mass is 243 g/mol. The van der Waals surface area contributed by atoms with E-state index in [4.69, 9.17) is 0 Å². The minimum Gasteiger partial charge on any atom is -0.310 e. The van der Waals surface area contributed by atoms with Crippen LogP contribution in [-0.2, 0) is 0 Å². The average Bonchev–Trinajstić information content (AvgIpc) is 2.65. The topological polar surface area (TPSA) is 12.0 Å². The van der Waals surface area contributed by atoms with Gasteiger partial charge >= 0.3 is 0 Å². The first-order valence-electron chi connectivity index (χ1n) is 5.55. The molecule has 0 saturated heterocycles. The highest BCUT2D eigenvalue weighted by Gasteiger charge is 2.11. The fourth-order valence-corrected chi connectivity index (χ4v) is 2.82. The van der Waals surface area contributed by atoms with E-state index in [2.05, 4.69) is 36.9 Å². The van der Waals surface area contributed by atoms with Gasteiger partial charge in [-0.05, 0) is 55.3 Å². The molecule has 1 atom stereocenters. The van der Waals surface area contributed by atoms with Crippen LogP contribution >= 0.6 is 23.1 Å². The van der Waals surface area contributed by atoms with Crippen molar-refractivity contribution >= 4 is 23.1 Å². The lowest BCUT2D eigenvalue weighted by atomic mass is 10.1. The summed E-state index contributed by atoms with van der Waals surface area (Å²) in [6.07, 6.45) is 4.62. The van der Waals surface area contributed by atoms with E-state index in [-0.39, 0.29) is 0 Å². The van der Waals surface area contributed by atoms with E-state index < -0.39 is 0 Å². The summed E-state index contributed by atoms with van der Waals surface area (Å²) in [5.74, 6) is 1.23. The lowest BCUT2D eigenvalue weighted by Crippen LogP contribution is -2.22. The number of nitrogens with one attached hydrogen (secondary N) is 1. The van der Waals surface area contributed by atoms with Gasteiger partial charge in [0.15, 0.2) is 0 Å². The molecule has 1 N–H and O–H groups in total. The maximum atomic E-state index is 3.63. The first-order valence-corrected chi connectivity index (χ1v) is 7.82. The van der Waals surface area contributed by atoms with Crippen molar-refractivity contribution in [2.75, 3.05) is 18.6 Å². The number of thiophene rings is 1. The Hall–Kier alpha value is 0.0100. The van der Waals surface area contributed by atoms with Crippen LogP contribution in [0.2, 0.25) is 0 Å². The van der Waals surface area contributed by atoms with E-state index in [1.807, 2.05) is 23.1 Å². The van der Waals surface area contributed by atoms with E-state index in [1.165, 1.54) is 29.0 Å². The quantitative estimate of drug-likeness (QED) is 0.780. The second-order valence-corrected chi connectivity index (χ2v) is 5.88. The van der Waals surface area contributed by atoms with Crippen molar-refractivity contribution in [2.45, 2.75) is 32.7 Å². The Labute approximate surface area is 102 Å². The highest BCUT2D eigenvalue weighted by atomic mass is 32.2. The van der Waals surface area contributed by atoms with Gasteiger partial charge in [-0.25, -0.2) is 0 Å².